The Labute approximate surface area is 160 Å². The fraction of sp³-hybridized carbons (Fsp3) is 0.455. The third kappa shape index (κ3) is 3.43. The number of methoxy groups -OCH3 is 1. The molecule has 0 bridgehead atoms. The maximum absolute atomic E-state index is 13.3. The highest BCUT2D eigenvalue weighted by Crippen LogP contribution is 2.35. The van der Waals surface area contributed by atoms with Crippen LogP contribution in [0.4, 0.5) is 4.39 Å². The lowest BCUT2D eigenvalue weighted by Crippen LogP contribution is -2.06. The molecule has 0 amide bonds. The second-order valence-electron chi connectivity index (χ2n) is 7.39. The van der Waals surface area contributed by atoms with Crippen LogP contribution in [-0.2, 0) is 6.42 Å². The van der Waals surface area contributed by atoms with E-state index < -0.39 is 6.67 Å². The van der Waals surface area contributed by atoms with Crippen molar-refractivity contribution in [2.24, 2.45) is 0 Å². The van der Waals surface area contributed by atoms with Crippen molar-refractivity contribution in [3.8, 4) is 17.1 Å². The van der Waals surface area contributed by atoms with E-state index in [0.717, 1.165) is 45.5 Å². The molecule has 0 unspecified atom stereocenters. The molecule has 0 radical (unpaired) electrons. The summed E-state index contributed by atoms with van der Waals surface area (Å²) in [5.74, 6) is 0.921. The van der Waals surface area contributed by atoms with Gasteiger partial charge in [0.1, 0.15) is 6.67 Å². The van der Waals surface area contributed by atoms with Gasteiger partial charge in [0.15, 0.2) is 0 Å². The smallest absolute Gasteiger partial charge is 0.222 e. The summed E-state index contributed by atoms with van der Waals surface area (Å²) in [6.45, 7) is 9.83. The van der Waals surface area contributed by atoms with Crippen LogP contribution in [0.5, 0.6) is 5.88 Å². The molecule has 0 saturated carbocycles. The third-order valence-electron chi connectivity index (χ3n) is 5.07. The Morgan fingerprint density at radius 1 is 1.19 bits per heavy atom. The lowest BCUT2D eigenvalue weighted by atomic mass is 10.0. The summed E-state index contributed by atoms with van der Waals surface area (Å²) in [6, 6.07) is 6.01. The minimum atomic E-state index is -0.402. The Balaban J connectivity index is 2.25. The fourth-order valence-corrected chi connectivity index (χ4v) is 3.42. The molecule has 27 heavy (non-hydrogen) atoms. The zero-order valence-corrected chi connectivity index (χ0v) is 17.0. The highest BCUT2D eigenvalue weighted by molar-refractivity contribution is 5.85. The number of ether oxygens (including phenoxy) is 1. The van der Waals surface area contributed by atoms with Gasteiger partial charge in [-0.25, -0.2) is 14.4 Å². The van der Waals surface area contributed by atoms with Crippen molar-refractivity contribution in [2.75, 3.05) is 13.8 Å². The van der Waals surface area contributed by atoms with Crippen molar-refractivity contribution in [1.82, 2.24) is 14.5 Å². The van der Waals surface area contributed by atoms with Gasteiger partial charge in [-0.3, -0.25) is 0 Å². The normalized spacial score (nSPS) is 12.7. The van der Waals surface area contributed by atoms with E-state index in [2.05, 4.69) is 31.8 Å². The molecule has 5 heteroatoms. The van der Waals surface area contributed by atoms with E-state index in [0.29, 0.717) is 11.8 Å². The monoisotopic (exact) mass is 369 g/mol. The molecule has 0 aliphatic rings. The highest BCUT2D eigenvalue weighted by Gasteiger charge is 2.19. The molecule has 3 aromatic rings. The van der Waals surface area contributed by atoms with Crippen molar-refractivity contribution in [3.63, 3.8) is 0 Å². The van der Waals surface area contributed by atoms with Gasteiger partial charge >= 0.3 is 0 Å². The van der Waals surface area contributed by atoms with E-state index in [1.165, 1.54) is 0 Å². The lowest BCUT2D eigenvalue weighted by molar-refractivity contribution is 0.383. The minimum Gasteiger partial charge on any atom is -0.480 e. The number of hydrogen-bond acceptors (Lipinski definition) is 3. The SMILES string of the molecule is CCc1cc2c(nc1-c1ccc(C(C)C)nc1OC)c(C)cn2[C@@H](C)CF. The molecule has 1 atom stereocenters. The first-order valence-corrected chi connectivity index (χ1v) is 9.53. The van der Waals surface area contributed by atoms with Crippen LogP contribution in [0.1, 0.15) is 56.5 Å². The van der Waals surface area contributed by atoms with Gasteiger partial charge in [0.2, 0.25) is 5.88 Å². The molecule has 0 saturated heterocycles. The molecule has 4 nitrogen and oxygen atoms in total. The standard InChI is InChI=1S/C22H28FN3O/c1-7-16-10-19-20(14(4)12-26(19)15(5)11-23)25-21(16)17-8-9-18(13(2)3)24-22(17)27-6/h8-10,12-13,15H,7,11H2,1-6H3/t15-/m0/s1. The van der Waals surface area contributed by atoms with Crippen molar-refractivity contribution in [3.05, 3.63) is 41.2 Å². The fourth-order valence-electron chi connectivity index (χ4n) is 3.42. The Morgan fingerprint density at radius 2 is 1.93 bits per heavy atom. The second-order valence-corrected chi connectivity index (χ2v) is 7.39. The van der Waals surface area contributed by atoms with Crippen LogP contribution in [0.25, 0.3) is 22.3 Å². The first-order chi connectivity index (χ1) is 12.9. The molecule has 144 valence electrons. The van der Waals surface area contributed by atoms with Crippen LogP contribution in [0.2, 0.25) is 0 Å². The molecule has 0 N–H and O–H groups in total. The second kappa shape index (κ2) is 7.67. The largest absolute Gasteiger partial charge is 0.480 e. The van der Waals surface area contributed by atoms with Gasteiger partial charge in [0, 0.05) is 11.9 Å². The summed E-state index contributed by atoms with van der Waals surface area (Å²) in [7, 11) is 1.64. The van der Waals surface area contributed by atoms with E-state index in [1.807, 2.05) is 36.7 Å². The topological polar surface area (TPSA) is 39.9 Å². The first-order valence-electron chi connectivity index (χ1n) is 9.53. The van der Waals surface area contributed by atoms with Gasteiger partial charge < -0.3 is 9.30 Å². The number of alkyl halides is 1. The predicted octanol–water partition coefficient (Wildman–Crippen LogP) is 5.63. The quantitative estimate of drug-likeness (QED) is 0.565. The molecule has 3 heterocycles. The van der Waals surface area contributed by atoms with E-state index in [4.69, 9.17) is 9.72 Å². The molecule has 3 rings (SSSR count). The minimum absolute atomic E-state index is 0.208. The molecular formula is C22H28FN3O. The van der Waals surface area contributed by atoms with Crippen LogP contribution >= 0.6 is 0 Å². The summed E-state index contributed by atoms with van der Waals surface area (Å²) in [4.78, 5) is 9.65. The predicted molar refractivity (Wildman–Crippen MR) is 108 cm³/mol. The molecule has 3 aromatic heterocycles. The number of aromatic nitrogens is 3. The number of pyridine rings is 2. The van der Waals surface area contributed by atoms with E-state index in [9.17, 15) is 4.39 Å². The Hall–Kier alpha value is -2.43. The zero-order chi connectivity index (χ0) is 19.7. The number of rotatable bonds is 6. The van der Waals surface area contributed by atoms with Crippen molar-refractivity contribution in [2.45, 2.75) is 53.0 Å². The third-order valence-corrected chi connectivity index (χ3v) is 5.07. The molecular weight excluding hydrogens is 341 g/mol. The number of fused-ring (bicyclic) bond motifs is 1. The zero-order valence-electron chi connectivity index (χ0n) is 17.0. The Kier molecular flexibility index (Phi) is 5.49. The molecule has 0 aliphatic carbocycles. The summed E-state index contributed by atoms with van der Waals surface area (Å²) in [6.07, 6.45) is 2.81. The van der Waals surface area contributed by atoms with Gasteiger partial charge in [-0.1, -0.05) is 20.8 Å². The Bertz CT molecular complexity index is 962. The van der Waals surface area contributed by atoms with Crippen LogP contribution in [0, 0.1) is 6.92 Å². The number of hydrogen-bond donors (Lipinski definition) is 0. The molecule has 0 aliphatic heterocycles. The van der Waals surface area contributed by atoms with Gasteiger partial charge in [-0.05, 0) is 55.5 Å². The van der Waals surface area contributed by atoms with E-state index in [1.54, 1.807) is 7.11 Å². The van der Waals surface area contributed by atoms with Crippen molar-refractivity contribution in [1.29, 1.82) is 0 Å². The van der Waals surface area contributed by atoms with Crippen LogP contribution in [0.3, 0.4) is 0 Å². The number of halogens is 1. The Morgan fingerprint density at radius 3 is 2.52 bits per heavy atom. The lowest BCUT2D eigenvalue weighted by Gasteiger charge is -2.15. The van der Waals surface area contributed by atoms with Gasteiger partial charge in [-0.2, -0.15) is 0 Å². The van der Waals surface area contributed by atoms with Crippen LogP contribution < -0.4 is 4.74 Å². The van der Waals surface area contributed by atoms with Gasteiger partial charge in [-0.15, -0.1) is 0 Å². The summed E-state index contributed by atoms with van der Waals surface area (Å²) >= 11 is 0. The van der Waals surface area contributed by atoms with Crippen LogP contribution in [-0.4, -0.2) is 28.3 Å². The van der Waals surface area contributed by atoms with E-state index >= 15 is 0 Å². The first kappa shape index (κ1) is 19.3. The molecule has 0 spiro atoms. The van der Waals surface area contributed by atoms with Crippen molar-refractivity contribution < 1.29 is 9.13 Å². The average Bonchev–Trinajstić information content (AvgIpc) is 3.01. The number of aryl methyl sites for hydroxylation is 2. The average molecular weight is 369 g/mol. The maximum atomic E-state index is 13.3. The summed E-state index contributed by atoms with van der Waals surface area (Å²) < 4.78 is 20.8. The molecule has 0 aromatic carbocycles. The number of nitrogens with zero attached hydrogens (tertiary/aromatic N) is 3. The van der Waals surface area contributed by atoms with Crippen molar-refractivity contribution >= 4 is 11.0 Å². The summed E-state index contributed by atoms with van der Waals surface area (Å²) in [5.41, 5.74) is 6.80. The van der Waals surface area contributed by atoms with E-state index in [-0.39, 0.29) is 6.04 Å². The van der Waals surface area contributed by atoms with Gasteiger partial charge in [0.05, 0.1) is 35.4 Å². The highest BCUT2D eigenvalue weighted by atomic mass is 19.1. The van der Waals surface area contributed by atoms with Gasteiger partial charge in [0.25, 0.3) is 0 Å². The molecule has 0 fully saturated rings. The maximum Gasteiger partial charge on any atom is 0.222 e. The summed E-state index contributed by atoms with van der Waals surface area (Å²) in [5, 5.41) is 0. The van der Waals surface area contributed by atoms with Crippen LogP contribution in [0.15, 0.2) is 24.4 Å².